The molecule has 1 unspecified atom stereocenters. The highest BCUT2D eigenvalue weighted by atomic mass is 19.1. The van der Waals surface area contributed by atoms with Gasteiger partial charge in [0.15, 0.2) is 0 Å². The van der Waals surface area contributed by atoms with E-state index in [9.17, 15) is 19.1 Å². The van der Waals surface area contributed by atoms with Gasteiger partial charge in [0.25, 0.3) is 11.7 Å². The fourth-order valence-corrected chi connectivity index (χ4v) is 4.08. The van der Waals surface area contributed by atoms with Gasteiger partial charge in [0.1, 0.15) is 17.3 Å². The van der Waals surface area contributed by atoms with Crippen molar-refractivity contribution in [3.63, 3.8) is 0 Å². The molecule has 2 aromatic rings. The van der Waals surface area contributed by atoms with Crippen LogP contribution in [0.4, 0.5) is 4.39 Å². The topological polar surface area (TPSA) is 76.1 Å². The molecule has 3 rings (SSSR count). The summed E-state index contributed by atoms with van der Waals surface area (Å²) in [6.07, 6.45) is -0.0422. The van der Waals surface area contributed by atoms with E-state index in [-0.39, 0.29) is 36.5 Å². The number of aliphatic hydroxyl groups excluding tert-OH is 1. The van der Waals surface area contributed by atoms with Gasteiger partial charge >= 0.3 is 0 Å². The summed E-state index contributed by atoms with van der Waals surface area (Å²) in [5, 5.41) is 11.3. The zero-order valence-corrected chi connectivity index (χ0v) is 20.3. The van der Waals surface area contributed by atoms with Crippen LogP contribution in [0.15, 0.2) is 48.0 Å². The average molecular weight is 470 g/mol. The van der Waals surface area contributed by atoms with Gasteiger partial charge in [0.05, 0.1) is 30.9 Å². The number of hydrogen-bond donors (Lipinski definition) is 1. The van der Waals surface area contributed by atoms with E-state index in [0.29, 0.717) is 23.5 Å². The van der Waals surface area contributed by atoms with Gasteiger partial charge in [-0.3, -0.25) is 9.59 Å². The van der Waals surface area contributed by atoms with Gasteiger partial charge in [-0.1, -0.05) is 26.0 Å². The van der Waals surface area contributed by atoms with Crippen LogP contribution in [0.5, 0.6) is 5.75 Å². The van der Waals surface area contributed by atoms with Crippen LogP contribution in [-0.4, -0.2) is 47.6 Å². The fraction of sp³-hybridized carbons (Fsp3) is 0.407. The molecule has 0 radical (unpaired) electrons. The van der Waals surface area contributed by atoms with Crippen molar-refractivity contribution in [2.24, 2.45) is 0 Å². The summed E-state index contributed by atoms with van der Waals surface area (Å²) in [6, 6.07) is 9.94. The molecular formula is C27H32FNO5. The molecule has 6 nitrogen and oxygen atoms in total. The number of carbonyl (C=O) groups excluding carboxylic acids is 2. The minimum Gasteiger partial charge on any atom is -0.507 e. The quantitative estimate of drug-likeness (QED) is 0.311. The summed E-state index contributed by atoms with van der Waals surface area (Å²) in [5.74, 6) is -1.40. The molecule has 0 spiro atoms. The Morgan fingerprint density at radius 3 is 2.35 bits per heavy atom. The Kier molecular flexibility index (Phi) is 8.10. The number of Topliss-reactive ketones (excluding diaryl/α,β-unsaturated/α-hetero) is 1. The van der Waals surface area contributed by atoms with Crippen molar-refractivity contribution in [1.29, 1.82) is 0 Å². The lowest BCUT2D eigenvalue weighted by Crippen LogP contribution is -2.33. The van der Waals surface area contributed by atoms with Crippen LogP contribution in [0.2, 0.25) is 0 Å². The van der Waals surface area contributed by atoms with Gasteiger partial charge in [-0.05, 0) is 68.1 Å². The molecule has 1 N–H and O–H groups in total. The first kappa shape index (κ1) is 25.4. The summed E-state index contributed by atoms with van der Waals surface area (Å²) in [7, 11) is 0. The number of likely N-dealkylation sites (tertiary alicyclic amines) is 1. The minimum atomic E-state index is -0.856. The molecule has 1 aliphatic rings. The van der Waals surface area contributed by atoms with Crippen LogP contribution in [0.3, 0.4) is 0 Å². The number of rotatable bonds is 9. The number of carbonyl (C=O) groups is 2. The molecule has 0 aliphatic carbocycles. The summed E-state index contributed by atoms with van der Waals surface area (Å²) in [4.78, 5) is 27.5. The van der Waals surface area contributed by atoms with E-state index in [2.05, 4.69) is 0 Å². The van der Waals surface area contributed by atoms with Crippen molar-refractivity contribution >= 4 is 17.4 Å². The van der Waals surface area contributed by atoms with Gasteiger partial charge < -0.3 is 19.5 Å². The predicted molar refractivity (Wildman–Crippen MR) is 128 cm³/mol. The van der Waals surface area contributed by atoms with Crippen LogP contribution in [0, 0.1) is 5.82 Å². The molecule has 7 heteroatoms. The molecule has 0 aromatic heterocycles. The minimum absolute atomic E-state index is 0.0278. The van der Waals surface area contributed by atoms with Crippen LogP contribution in [-0.2, 0) is 14.3 Å². The summed E-state index contributed by atoms with van der Waals surface area (Å²) >= 11 is 0. The molecule has 1 saturated heterocycles. The molecule has 1 heterocycles. The lowest BCUT2D eigenvalue weighted by molar-refractivity contribution is -0.140. The van der Waals surface area contributed by atoms with Crippen LogP contribution < -0.4 is 4.74 Å². The third-order valence-corrected chi connectivity index (χ3v) is 5.71. The number of ketones is 1. The van der Waals surface area contributed by atoms with Crippen molar-refractivity contribution in [3.8, 4) is 5.75 Å². The van der Waals surface area contributed by atoms with Crippen molar-refractivity contribution < 1.29 is 28.6 Å². The van der Waals surface area contributed by atoms with Crippen LogP contribution >= 0.6 is 0 Å². The Labute approximate surface area is 200 Å². The number of ether oxygens (including phenoxy) is 2. The number of nitrogens with zero attached hydrogens (tertiary/aromatic N) is 1. The van der Waals surface area contributed by atoms with Crippen molar-refractivity contribution in [3.05, 3.63) is 70.5 Å². The number of hydrogen-bond acceptors (Lipinski definition) is 5. The molecule has 1 atom stereocenters. The van der Waals surface area contributed by atoms with Gasteiger partial charge in [0.2, 0.25) is 0 Å². The van der Waals surface area contributed by atoms with Crippen LogP contribution in [0.1, 0.15) is 63.3 Å². The molecule has 34 heavy (non-hydrogen) atoms. The third kappa shape index (κ3) is 5.30. The Morgan fingerprint density at radius 1 is 1.09 bits per heavy atom. The number of halogens is 1. The molecule has 1 fully saturated rings. The van der Waals surface area contributed by atoms with E-state index in [1.807, 2.05) is 34.6 Å². The average Bonchev–Trinajstić information content (AvgIpc) is 3.04. The van der Waals surface area contributed by atoms with Gasteiger partial charge in [-0.25, -0.2) is 4.39 Å². The van der Waals surface area contributed by atoms with Crippen LogP contribution in [0.25, 0.3) is 5.76 Å². The lowest BCUT2D eigenvalue weighted by atomic mass is 9.93. The first-order valence-corrected chi connectivity index (χ1v) is 11.6. The number of aliphatic hydroxyl groups is 1. The Hall–Kier alpha value is -3.19. The molecule has 1 amide bonds. The maximum absolute atomic E-state index is 13.6. The number of amides is 1. The largest absolute Gasteiger partial charge is 0.507 e. The summed E-state index contributed by atoms with van der Waals surface area (Å²) < 4.78 is 24.9. The standard InChI is InChI=1S/C27H32FNO5/c1-6-33-22-12-9-19(15-21(22)16(2)3)25(30)23-24(18-7-10-20(28)11-8-18)29(27(32)26(23)31)13-14-34-17(4)5/h7-12,15-17,24,30H,6,13-14H2,1-5H3/b25-23-. The molecule has 0 bridgehead atoms. The van der Waals surface area contributed by atoms with Gasteiger partial charge in [-0.15, -0.1) is 0 Å². The van der Waals surface area contributed by atoms with Crippen molar-refractivity contribution in [2.45, 2.75) is 52.7 Å². The first-order chi connectivity index (χ1) is 16.1. The van der Waals surface area contributed by atoms with E-state index in [1.165, 1.54) is 29.2 Å². The fourth-order valence-electron chi connectivity index (χ4n) is 4.08. The second kappa shape index (κ2) is 10.8. The second-order valence-corrected chi connectivity index (χ2v) is 8.80. The highest BCUT2D eigenvalue weighted by Crippen LogP contribution is 2.40. The Morgan fingerprint density at radius 2 is 1.76 bits per heavy atom. The normalized spacial score (nSPS) is 17.8. The maximum atomic E-state index is 13.6. The molecule has 0 saturated carbocycles. The van der Waals surface area contributed by atoms with E-state index in [4.69, 9.17) is 9.47 Å². The molecule has 182 valence electrons. The van der Waals surface area contributed by atoms with E-state index >= 15 is 0 Å². The monoisotopic (exact) mass is 469 g/mol. The van der Waals surface area contributed by atoms with Crippen molar-refractivity contribution in [2.75, 3.05) is 19.8 Å². The Balaban J connectivity index is 2.12. The zero-order chi connectivity index (χ0) is 25.0. The highest BCUT2D eigenvalue weighted by molar-refractivity contribution is 6.46. The Bertz CT molecular complexity index is 1070. The molecule has 1 aliphatic heterocycles. The van der Waals surface area contributed by atoms with Crippen molar-refractivity contribution in [1.82, 2.24) is 4.90 Å². The summed E-state index contributed by atoms with van der Waals surface area (Å²) in [6.45, 7) is 10.5. The third-order valence-electron chi connectivity index (χ3n) is 5.71. The highest BCUT2D eigenvalue weighted by Gasteiger charge is 2.46. The smallest absolute Gasteiger partial charge is 0.295 e. The number of benzene rings is 2. The van der Waals surface area contributed by atoms with E-state index < -0.39 is 23.5 Å². The maximum Gasteiger partial charge on any atom is 0.295 e. The lowest BCUT2D eigenvalue weighted by Gasteiger charge is -2.25. The predicted octanol–water partition coefficient (Wildman–Crippen LogP) is 5.19. The van der Waals surface area contributed by atoms with Gasteiger partial charge in [0, 0.05) is 12.1 Å². The SMILES string of the molecule is CCOc1ccc(/C(O)=C2/C(=O)C(=O)N(CCOC(C)C)C2c2ccc(F)cc2)cc1C(C)C. The molecular weight excluding hydrogens is 437 g/mol. The zero-order valence-electron chi connectivity index (χ0n) is 20.3. The van der Waals surface area contributed by atoms with Gasteiger partial charge in [-0.2, -0.15) is 0 Å². The van der Waals surface area contributed by atoms with E-state index in [0.717, 1.165) is 5.56 Å². The first-order valence-electron chi connectivity index (χ1n) is 11.6. The summed E-state index contributed by atoms with van der Waals surface area (Å²) in [5.41, 5.74) is 1.79. The van der Waals surface area contributed by atoms with E-state index in [1.54, 1.807) is 18.2 Å². The second-order valence-electron chi connectivity index (χ2n) is 8.80. The molecule has 2 aromatic carbocycles.